The van der Waals surface area contributed by atoms with E-state index in [1.54, 1.807) is 23.1 Å². The highest BCUT2D eigenvalue weighted by atomic mass is 19.1. The number of halogens is 1. The number of carbonyl (C=O) groups excluding carboxylic acids is 1. The van der Waals surface area contributed by atoms with Gasteiger partial charge in [0, 0.05) is 30.7 Å². The lowest BCUT2D eigenvalue weighted by Crippen LogP contribution is -2.58. The second-order valence-corrected chi connectivity index (χ2v) is 11.3. The molecular weight excluding hydrogens is 533 g/mol. The maximum Gasteiger partial charge on any atom is 0.355 e. The largest absolute Gasteiger partial charge is 0.355 e. The number of aryl methyl sites for hydroxylation is 3. The average molecular weight is 570 g/mol. The fourth-order valence-electron chi connectivity index (χ4n) is 5.83. The van der Waals surface area contributed by atoms with Crippen molar-refractivity contribution in [1.82, 2.24) is 29.4 Å². The number of hydrogen-bond acceptors (Lipinski definition) is 7. The molecule has 1 amide bonds. The van der Waals surface area contributed by atoms with Gasteiger partial charge in [0.25, 0.3) is 0 Å². The number of nitrogens with zero attached hydrogens (tertiary/aromatic N) is 7. The number of amides is 1. The van der Waals surface area contributed by atoms with Crippen molar-refractivity contribution in [2.45, 2.75) is 66.5 Å². The smallest absolute Gasteiger partial charge is 0.349 e. The van der Waals surface area contributed by atoms with Crippen LogP contribution in [0.5, 0.6) is 0 Å². The molecule has 0 N–H and O–H groups in total. The molecule has 1 fully saturated rings. The summed E-state index contributed by atoms with van der Waals surface area (Å²) in [5.41, 5.74) is 3.18. The topological polar surface area (TPSA) is 97.1 Å². The number of anilines is 1. The van der Waals surface area contributed by atoms with Gasteiger partial charge in [0.2, 0.25) is 5.91 Å². The van der Waals surface area contributed by atoms with Gasteiger partial charge in [-0.1, -0.05) is 32.6 Å². The van der Waals surface area contributed by atoms with E-state index in [2.05, 4.69) is 21.4 Å². The van der Waals surface area contributed by atoms with Gasteiger partial charge in [-0.2, -0.15) is 4.98 Å². The van der Waals surface area contributed by atoms with Gasteiger partial charge >= 0.3 is 5.69 Å². The van der Waals surface area contributed by atoms with E-state index in [9.17, 15) is 9.59 Å². The first-order valence-electron chi connectivity index (χ1n) is 14.2. The van der Waals surface area contributed by atoms with Crippen LogP contribution >= 0.6 is 0 Å². The van der Waals surface area contributed by atoms with Crippen molar-refractivity contribution in [3.8, 4) is 16.9 Å². The van der Waals surface area contributed by atoms with Crippen molar-refractivity contribution in [1.29, 1.82) is 0 Å². The van der Waals surface area contributed by atoms with Crippen LogP contribution in [0.3, 0.4) is 0 Å². The fourth-order valence-corrected chi connectivity index (χ4v) is 5.83. The van der Waals surface area contributed by atoms with Crippen molar-refractivity contribution in [3.05, 3.63) is 82.1 Å². The zero-order chi connectivity index (χ0) is 30.5. The molecule has 10 heteroatoms. The second kappa shape index (κ2) is 11.1. The van der Waals surface area contributed by atoms with Crippen LogP contribution < -0.4 is 10.6 Å². The number of aromatic nitrogens is 5. The van der Waals surface area contributed by atoms with E-state index < -0.39 is 11.5 Å². The van der Waals surface area contributed by atoms with Gasteiger partial charge in [0.15, 0.2) is 5.65 Å². The summed E-state index contributed by atoms with van der Waals surface area (Å²) in [6.07, 6.45) is 1.32. The summed E-state index contributed by atoms with van der Waals surface area (Å²) in [5.74, 6) is 0.523. The molecule has 9 nitrogen and oxygen atoms in total. The first kappa shape index (κ1) is 29.0. The van der Waals surface area contributed by atoms with Gasteiger partial charge in [-0.3, -0.25) is 4.79 Å². The van der Waals surface area contributed by atoms with Gasteiger partial charge in [0.1, 0.15) is 17.5 Å². The van der Waals surface area contributed by atoms with Crippen LogP contribution in [0.2, 0.25) is 0 Å². The van der Waals surface area contributed by atoms with Crippen LogP contribution in [0.15, 0.2) is 47.8 Å². The van der Waals surface area contributed by atoms with E-state index in [4.69, 9.17) is 9.97 Å². The van der Waals surface area contributed by atoms with Crippen LogP contribution in [0.25, 0.3) is 28.0 Å². The molecule has 4 heterocycles. The Labute approximate surface area is 244 Å². The molecule has 0 bridgehead atoms. The number of carbonyl (C=O) groups is 1. The van der Waals surface area contributed by atoms with Crippen LogP contribution in [-0.2, 0) is 4.79 Å². The molecule has 0 spiro atoms. The highest BCUT2D eigenvalue weighted by molar-refractivity contribution is 5.92. The van der Waals surface area contributed by atoms with Crippen molar-refractivity contribution in [3.63, 3.8) is 0 Å². The van der Waals surface area contributed by atoms with Crippen LogP contribution in [-0.4, -0.2) is 60.5 Å². The molecular formula is C32H36FN7O2. The third-order valence-electron chi connectivity index (χ3n) is 7.85. The summed E-state index contributed by atoms with van der Waals surface area (Å²) in [6.45, 7) is 18.1. The molecule has 2 atom stereocenters. The van der Waals surface area contributed by atoms with E-state index in [1.807, 2.05) is 54.5 Å². The van der Waals surface area contributed by atoms with Gasteiger partial charge in [-0.15, -0.1) is 0 Å². The Morgan fingerprint density at radius 2 is 1.76 bits per heavy atom. The summed E-state index contributed by atoms with van der Waals surface area (Å²) in [4.78, 5) is 49.3. The minimum Gasteiger partial charge on any atom is -0.349 e. The molecule has 0 aliphatic carbocycles. The Hall–Kier alpha value is -4.47. The van der Waals surface area contributed by atoms with E-state index in [1.165, 1.54) is 16.7 Å². The molecule has 42 heavy (non-hydrogen) atoms. The molecule has 0 radical (unpaired) electrons. The summed E-state index contributed by atoms with van der Waals surface area (Å²) in [5, 5.41) is 0.643. The number of pyridine rings is 1. The molecule has 4 aromatic rings. The normalized spacial score (nSPS) is 17.3. The third kappa shape index (κ3) is 4.95. The molecule has 1 aromatic carbocycles. The van der Waals surface area contributed by atoms with Gasteiger partial charge in [-0.05, 0) is 70.4 Å². The summed E-state index contributed by atoms with van der Waals surface area (Å²) >= 11 is 0. The molecule has 0 unspecified atom stereocenters. The number of fused-ring (bicyclic) bond motifs is 1. The lowest BCUT2D eigenvalue weighted by atomic mass is 10.0. The third-order valence-corrected chi connectivity index (χ3v) is 7.85. The number of benzene rings is 1. The Balaban J connectivity index is 1.84. The predicted octanol–water partition coefficient (Wildman–Crippen LogP) is 5.04. The summed E-state index contributed by atoms with van der Waals surface area (Å²) in [7, 11) is 0. The molecule has 1 aliphatic heterocycles. The Bertz CT molecular complexity index is 1780. The van der Waals surface area contributed by atoms with E-state index in [-0.39, 0.29) is 23.9 Å². The van der Waals surface area contributed by atoms with Gasteiger partial charge < -0.3 is 9.80 Å². The zero-order valence-corrected chi connectivity index (χ0v) is 25.1. The van der Waals surface area contributed by atoms with E-state index >= 15 is 4.39 Å². The first-order chi connectivity index (χ1) is 19.9. The lowest BCUT2D eigenvalue weighted by Gasteiger charge is -2.44. The second-order valence-electron chi connectivity index (χ2n) is 11.3. The quantitative estimate of drug-likeness (QED) is 0.311. The van der Waals surface area contributed by atoms with Crippen molar-refractivity contribution in [2.75, 3.05) is 18.0 Å². The first-order valence-corrected chi connectivity index (χ1v) is 14.2. The molecule has 3 aromatic heterocycles. The van der Waals surface area contributed by atoms with Crippen molar-refractivity contribution >= 4 is 22.8 Å². The monoisotopic (exact) mass is 569 g/mol. The van der Waals surface area contributed by atoms with Gasteiger partial charge in [0.05, 0.1) is 28.2 Å². The molecule has 218 valence electrons. The fraction of sp³-hybridized carbons (Fsp3) is 0.375. The standard InChI is InChI=1S/C32H36FN7O2/c1-9-26(41)38-15-20(6)39(16-19(38)5)30-24-14-18(4)28(23-12-10-11-13-25(23)33)36-31(24)40(32(42)37-30)29-21(7)34-22(8)35-27(29)17(2)3/h9-14,17,19-20H,1,15-16H2,2-8H3/t19-,20+/m1/s1. The van der Waals surface area contributed by atoms with E-state index in [0.717, 1.165) is 5.56 Å². The highest BCUT2D eigenvalue weighted by Gasteiger charge is 2.34. The SMILES string of the molecule is C=CC(=O)N1C[C@H](C)N(c2nc(=O)n(-c3c(C)nc(C)nc3C(C)C)c3nc(-c4ccccc4F)c(C)cc23)C[C@H]1C. The Morgan fingerprint density at radius 1 is 1.05 bits per heavy atom. The van der Waals surface area contributed by atoms with Crippen molar-refractivity contribution < 1.29 is 9.18 Å². The Kier molecular flexibility index (Phi) is 7.66. The average Bonchev–Trinajstić information content (AvgIpc) is 2.94. The van der Waals surface area contributed by atoms with E-state index in [0.29, 0.717) is 64.1 Å². The zero-order valence-electron chi connectivity index (χ0n) is 25.1. The van der Waals surface area contributed by atoms with Crippen LogP contribution in [0.1, 0.15) is 56.4 Å². The highest BCUT2D eigenvalue weighted by Crippen LogP contribution is 2.34. The van der Waals surface area contributed by atoms with Crippen LogP contribution in [0, 0.1) is 26.6 Å². The van der Waals surface area contributed by atoms with Gasteiger partial charge in [-0.25, -0.2) is 28.7 Å². The molecule has 0 saturated carbocycles. The predicted molar refractivity (Wildman–Crippen MR) is 163 cm³/mol. The Morgan fingerprint density at radius 3 is 2.43 bits per heavy atom. The maximum atomic E-state index is 15.0. The minimum atomic E-state index is -0.532. The van der Waals surface area contributed by atoms with Crippen molar-refractivity contribution in [2.24, 2.45) is 0 Å². The summed E-state index contributed by atoms with van der Waals surface area (Å²) < 4.78 is 16.5. The number of rotatable bonds is 5. The summed E-state index contributed by atoms with van der Waals surface area (Å²) in [6, 6.07) is 8.11. The van der Waals surface area contributed by atoms with Crippen LogP contribution in [0.4, 0.5) is 10.2 Å². The molecule has 5 rings (SSSR count). The molecule has 1 saturated heterocycles. The lowest BCUT2D eigenvalue weighted by molar-refractivity contribution is -0.128. The number of piperazine rings is 1. The minimum absolute atomic E-state index is 0.0186. The maximum absolute atomic E-state index is 15.0. The number of hydrogen-bond donors (Lipinski definition) is 0. The molecule has 1 aliphatic rings.